The monoisotopic (exact) mass is 331 g/mol. The Labute approximate surface area is 142 Å². The fraction of sp³-hybridized carbons (Fsp3) is 0.474. The number of benzene rings is 1. The first kappa shape index (κ1) is 18.0. The van der Waals surface area contributed by atoms with E-state index in [1.807, 2.05) is 24.3 Å². The van der Waals surface area contributed by atoms with E-state index in [0.717, 1.165) is 10.9 Å². The zero-order chi connectivity index (χ0) is 18.1. The summed E-state index contributed by atoms with van der Waals surface area (Å²) in [5, 5.41) is 0.921. The number of H-pyrrole nitrogens is 1. The molecule has 0 spiro atoms. The first-order valence-electron chi connectivity index (χ1n) is 8.00. The molecule has 0 amide bonds. The van der Waals surface area contributed by atoms with Crippen molar-refractivity contribution in [3.63, 3.8) is 0 Å². The van der Waals surface area contributed by atoms with Crippen molar-refractivity contribution in [1.82, 2.24) is 4.98 Å². The molecule has 1 heterocycles. The summed E-state index contributed by atoms with van der Waals surface area (Å²) >= 11 is 0. The minimum Gasteiger partial charge on any atom is -0.459 e. The second-order valence-corrected chi connectivity index (χ2v) is 7.81. The molecule has 0 aliphatic carbocycles. The predicted molar refractivity (Wildman–Crippen MR) is 92.7 cm³/mol. The number of carbonyl (C=O) groups excluding carboxylic acids is 2. The third-order valence-electron chi connectivity index (χ3n) is 3.15. The number of nitrogens with one attached hydrogen (secondary N) is 1. The van der Waals surface area contributed by atoms with E-state index in [1.165, 1.54) is 0 Å². The van der Waals surface area contributed by atoms with Gasteiger partial charge in [-0.2, -0.15) is 0 Å². The number of hydrogen-bond donors (Lipinski definition) is 1. The average Bonchev–Trinajstić information content (AvgIpc) is 2.77. The normalized spacial score (nSPS) is 12.5. The molecule has 0 atom stereocenters. The van der Waals surface area contributed by atoms with Gasteiger partial charge in [-0.25, -0.2) is 0 Å². The highest BCUT2D eigenvalue weighted by Gasteiger charge is 2.37. The Morgan fingerprint density at radius 3 is 1.88 bits per heavy atom. The van der Waals surface area contributed by atoms with Crippen LogP contribution in [0, 0.1) is 0 Å². The molecular weight excluding hydrogens is 306 g/mol. The molecule has 1 aromatic carbocycles. The molecule has 130 valence electrons. The third kappa shape index (κ3) is 4.60. The Morgan fingerprint density at radius 2 is 1.42 bits per heavy atom. The topological polar surface area (TPSA) is 68.4 Å². The Morgan fingerprint density at radius 1 is 0.917 bits per heavy atom. The summed E-state index contributed by atoms with van der Waals surface area (Å²) < 4.78 is 10.9. The molecular formula is C19H25NO4. The summed E-state index contributed by atoms with van der Waals surface area (Å²) in [7, 11) is 0. The minimum absolute atomic E-state index is 0.472. The van der Waals surface area contributed by atoms with E-state index in [-0.39, 0.29) is 0 Å². The van der Waals surface area contributed by atoms with E-state index in [2.05, 4.69) is 4.98 Å². The van der Waals surface area contributed by atoms with Crippen molar-refractivity contribution >= 4 is 22.8 Å². The molecule has 5 heteroatoms. The van der Waals surface area contributed by atoms with Gasteiger partial charge in [0.2, 0.25) is 0 Å². The lowest BCUT2D eigenvalue weighted by atomic mass is 10.0. The molecule has 0 fully saturated rings. The number of carbonyl (C=O) groups is 2. The second-order valence-electron chi connectivity index (χ2n) is 7.81. The highest BCUT2D eigenvalue weighted by molar-refractivity contribution is 6.01. The molecule has 2 rings (SSSR count). The van der Waals surface area contributed by atoms with Crippen LogP contribution in [0.15, 0.2) is 30.3 Å². The number of rotatable bonds is 3. The van der Waals surface area contributed by atoms with Crippen LogP contribution in [0.1, 0.15) is 53.2 Å². The number of esters is 2. The number of aromatic amines is 1. The van der Waals surface area contributed by atoms with E-state index in [1.54, 1.807) is 47.6 Å². The Hall–Kier alpha value is -2.30. The predicted octanol–water partition coefficient (Wildman–Crippen LogP) is 3.93. The van der Waals surface area contributed by atoms with Crippen LogP contribution >= 0.6 is 0 Å². The minimum atomic E-state index is -1.14. The summed E-state index contributed by atoms with van der Waals surface area (Å²) in [6.07, 6.45) is 0. The maximum absolute atomic E-state index is 12.6. The molecule has 0 bridgehead atoms. The fourth-order valence-electron chi connectivity index (χ4n) is 2.32. The number of hydrogen-bond acceptors (Lipinski definition) is 4. The molecule has 0 saturated heterocycles. The first-order chi connectivity index (χ1) is 11.0. The van der Waals surface area contributed by atoms with Crippen LogP contribution in [-0.4, -0.2) is 28.1 Å². The van der Waals surface area contributed by atoms with Crippen LogP contribution in [0.2, 0.25) is 0 Å². The van der Waals surface area contributed by atoms with E-state index in [0.29, 0.717) is 5.69 Å². The van der Waals surface area contributed by atoms with Gasteiger partial charge in [-0.3, -0.25) is 9.59 Å². The van der Waals surface area contributed by atoms with Crippen molar-refractivity contribution in [3.8, 4) is 0 Å². The fourth-order valence-corrected chi connectivity index (χ4v) is 2.32. The number of ether oxygens (including phenoxy) is 2. The molecule has 0 aliphatic rings. The van der Waals surface area contributed by atoms with Crippen LogP contribution in [0.3, 0.4) is 0 Å². The van der Waals surface area contributed by atoms with Gasteiger partial charge in [-0.1, -0.05) is 18.2 Å². The summed E-state index contributed by atoms with van der Waals surface area (Å²) in [5.41, 5.74) is -0.0588. The van der Waals surface area contributed by atoms with Crippen LogP contribution in [0.5, 0.6) is 0 Å². The quantitative estimate of drug-likeness (QED) is 0.683. The molecule has 5 nitrogen and oxygen atoms in total. The second kappa shape index (κ2) is 6.30. The largest absolute Gasteiger partial charge is 0.459 e. The van der Waals surface area contributed by atoms with E-state index in [9.17, 15) is 9.59 Å². The Balaban J connectivity index is 2.41. The molecule has 1 N–H and O–H groups in total. The summed E-state index contributed by atoms with van der Waals surface area (Å²) in [6, 6.07) is 9.37. The van der Waals surface area contributed by atoms with E-state index in [4.69, 9.17) is 9.47 Å². The van der Waals surface area contributed by atoms with Gasteiger partial charge in [-0.15, -0.1) is 0 Å². The lowest BCUT2D eigenvalue weighted by Crippen LogP contribution is -2.35. The standard InChI is InChI=1S/C19H25NO4/c1-18(2,3)23-16(21)15(17(22)24-19(4,5)6)14-11-12-9-7-8-10-13(12)20-14/h7-11,15,20H,1-6H3. The van der Waals surface area contributed by atoms with Crippen molar-refractivity contribution in [2.75, 3.05) is 0 Å². The van der Waals surface area contributed by atoms with Crippen LogP contribution < -0.4 is 0 Å². The maximum atomic E-state index is 12.6. The summed E-state index contributed by atoms with van der Waals surface area (Å²) in [4.78, 5) is 28.4. The van der Waals surface area contributed by atoms with Gasteiger partial charge in [0.15, 0.2) is 5.92 Å². The zero-order valence-electron chi connectivity index (χ0n) is 15.1. The number of fused-ring (bicyclic) bond motifs is 1. The molecule has 24 heavy (non-hydrogen) atoms. The van der Waals surface area contributed by atoms with Crippen molar-refractivity contribution in [2.24, 2.45) is 0 Å². The van der Waals surface area contributed by atoms with Gasteiger partial charge < -0.3 is 14.5 Å². The maximum Gasteiger partial charge on any atom is 0.326 e. The van der Waals surface area contributed by atoms with E-state index < -0.39 is 29.1 Å². The van der Waals surface area contributed by atoms with E-state index >= 15 is 0 Å². The van der Waals surface area contributed by atoms with Gasteiger partial charge in [0.05, 0.1) is 0 Å². The third-order valence-corrected chi connectivity index (χ3v) is 3.15. The molecule has 0 aliphatic heterocycles. The number of para-hydroxylation sites is 1. The van der Waals surface area contributed by atoms with Gasteiger partial charge in [-0.05, 0) is 59.1 Å². The molecule has 0 radical (unpaired) electrons. The summed E-state index contributed by atoms with van der Waals surface area (Å²) in [5.74, 6) is -2.39. The average molecular weight is 331 g/mol. The van der Waals surface area contributed by atoms with Crippen molar-refractivity contribution in [1.29, 1.82) is 0 Å². The Bertz CT molecular complexity index is 686. The van der Waals surface area contributed by atoms with Crippen LogP contribution in [-0.2, 0) is 19.1 Å². The molecule has 1 aromatic heterocycles. The van der Waals surface area contributed by atoms with Crippen LogP contribution in [0.25, 0.3) is 10.9 Å². The molecule has 0 unspecified atom stereocenters. The van der Waals surface area contributed by atoms with Crippen LogP contribution in [0.4, 0.5) is 0 Å². The van der Waals surface area contributed by atoms with Crippen molar-refractivity contribution in [2.45, 2.75) is 58.7 Å². The first-order valence-corrected chi connectivity index (χ1v) is 8.00. The zero-order valence-corrected chi connectivity index (χ0v) is 15.1. The highest BCUT2D eigenvalue weighted by Crippen LogP contribution is 2.27. The van der Waals surface area contributed by atoms with Gasteiger partial charge in [0.1, 0.15) is 11.2 Å². The molecule has 0 saturated carbocycles. The van der Waals surface area contributed by atoms with Crippen molar-refractivity contribution < 1.29 is 19.1 Å². The summed E-state index contributed by atoms with van der Waals surface area (Å²) in [6.45, 7) is 10.6. The SMILES string of the molecule is CC(C)(C)OC(=O)C(C(=O)OC(C)(C)C)c1cc2ccccc2[nH]1. The highest BCUT2D eigenvalue weighted by atomic mass is 16.6. The van der Waals surface area contributed by atoms with Gasteiger partial charge in [0, 0.05) is 11.2 Å². The van der Waals surface area contributed by atoms with Crippen molar-refractivity contribution in [3.05, 3.63) is 36.0 Å². The molecule has 2 aromatic rings. The Kier molecular flexibility index (Phi) is 4.74. The van der Waals surface area contributed by atoms with Gasteiger partial charge >= 0.3 is 11.9 Å². The number of aromatic nitrogens is 1. The lowest BCUT2D eigenvalue weighted by Gasteiger charge is -2.25. The van der Waals surface area contributed by atoms with Gasteiger partial charge in [0.25, 0.3) is 0 Å². The smallest absolute Gasteiger partial charge is 0.326 e. The lowest BCUT2D eigenvalue weighted by molar-refractivity contribution is -0.169.